The fourth-order valence-corrected chi connectivity index (χ4v) is 12.7. The molecule has 4 nitrogen and oxygen atoms in total. The lowest BCUT2D eigenvalue weighted by Crippen LogP contribution is -2.54. The van der Waals surface area contributed by atoms with Crippen molar-refractivity contribution in [2.24, 2.45) is 0 Å². The van der Waals surface area contributed by atoms with Crippen LogP contribution in [0.15, 0.2) is 155 Å². The van der Waals surface area contributed by atoms with Gasteiger partial charge in [0, 0.05) is 46.1 Å². The Hall–Kier alpha value is -3.41. The van der Waals surface area contributed by atoms with Crippen LogP contribution in [0.2, 0.25) is 0 Å². The lowest BCUT2D eigenvalue weighted by molar-refractivity contribution is 0.00578. The molecule has 4 unspecified atom stereocenters. The van der Waals surface area contributed by atoms with E-state index in [4.69, 9.17) is 9.31 Å². The van der Waals surface area contributed by atoms with Gasteiger partial charge in [-0.05, 0) is 196 Å². The number of nitrogens with zero attached hydrogens (tertiary/aromatic N) is 2. The second-order valence-electron chi connectivity index (χ2n) is 21.0. The second-order valence-corrected chi connectivity index (χ2v) is 24.1. The highest BCUT2D eigenvalue weighted by Crippen LogP contribution is 2.62. The molecule has 0 spiro atoms. The van der Waals surface area contributed by atoms with Gasteiger partial charge in [-0.1, -0.05) is 138 Å². The lowest BCUT2D eigenvalue weighted by atomic mass is 9.61. The molecule has 3 heterocycles. The standard InChI is InChI=1S/C26H34BNO2.C26H26BrN.C6H4BrI/c1-23(2)24(3,4)30-27(29-23)19-14-15-22-21(18-19)25(5)16-10-11-17-26(25,6)28(22)20-12-8-7-9-13-20;1-25-16-6-7-17-26(25,2)28(22-8-4-3-5-9-22)24-15-12-20(18-23(24)25)19-10-13-21(27)14-11-19;7-5-1-3-6(8)4-2-5/h7-9,12-15,18H,10-11,16-17H2,1-6H3;3-5,8-15,18H,6-7,16-17H2,1-2H3;1-4H. The number of hydrogen-bond donors (Lipinski definition) is 0. The van der Waals surface area contributed by atoms with E-state index in [1.807, 2.05) is 12.1 Å². The van der Waals surface area contributed by atoms with Crippen LogP contribution in [0.1, 0.15) is 118 Å². The van der Waals surface area contributed by atoms with Crippen molar-refractivity contribution in [2.45, 2.75) is 140 Å². The highest BCUT2D eigenvalue weighted by Gasteiger charge is 2.59. The third-order valence-electron chi connectivity index (χ3n) is 16.8. The summed E-state index contributed by atoms with van der Waals surface area (Å²) in [7, 11) is -0.315. The van der Waals surface area contributed by atoms with Gasteiger partial charge in [0.2, 0.25) is 0 Å². The molecule has 11 rings (SSSR count). The predicted octanol–water partition coefficient (Wildman–Crippen LogP) is 16.6. The molecule has 66 heavy (non-hydrogen) atoms. The van der Waals surface area contributed by atoms with Crippen molar-refractivity contribution in [2.75, 3.05) is 9.80 Å². The maximum Gasteiger partial charge on any atom is 0.494 e. The van der Waals surface area contributed by atoms with Crippen molar-refractivity contribution in [3.63, 3.8) is 0 Å². The zero-order valence-corrected chi connectivity index (χ0v) is 45.3. The van der Waals surface area contributed by atoms with Crippen molar-refractivity contribution < 1.29 is 9.31 Å². The smallest absolute Gasteiger partial charge is 0.399 e. The van der Waals surface area contributed by atoms with Gasteiger partial charge < -0.3 is 19.1 Å². The zero-order valence-electron chi connectivity index (χ0n) is 39.9. The first-order chi connectivity index (χ1) is 31.4. The molecule has 0 bridgehead atoms. The Kier molecular flexibility index (Phi) is 13.1. The average molecular weight is 1120 g/mol. The maximum absolute atomic E-state index is 6.38. The molecule has 4 atom stereocenters. The molecule has 6 aromatic carbocycles. The van der Waals surface area contributed by atoms with E-state index in [1.165, 1.54) is 99.9 Å². The van der Waals surface area contributed by atoms with Gasteiger partial charge in [0.25, 0.3) is 0 Å². The number of fused-ring (bicyclic) bond motifs is 6. The van der Waals surface area contributed by atoms with E-state index in [0.29, 0.717) is 0 Å². The number of anilines is 4. The summed E-state index contributed by atoms with van der Waals surface area (Å²) in [5.74, 6) is 0. The summed E-state index contributed by atoms with van der Waals surface area (Å²) in [5.41, 5.74) is 11.8. The fourth-order valence-electron chi connectivity index (χ4n) is 11.8. The third kappa shape index (κ3) is 8.24. The van der Waals surface area contributed by atoms with Crippen LogP contribution in [0, 0.1) is 3.57 Å². The number of hydrogen-bond acceptors (Lipinski definition) is 4. The van der Waals surface area contributed by atoms with Crippen LogP contribution in [-0.4, -0.2) is 29.4 Å². The lowest BCUT2D eigenvalue weighted by Gasteiger charge is -2.50. The van der Waals surface area contributed by atoms with Crippen LogP contribution in [-0.2, 0) is 20.1 Å². The van der Waals surface area contributed by atoms with Gasteiger partial charge in [0.1, 0.15) is 0 Å². The molecule has 0 radical (unpaired) electrons. The summed E-state index contributed by atoms with van der Waals surface area (Å²) in [6, 6.07) is 52.7. The summed E-state index contributed by atoms with van der Waals surface area (Å²) in [6.45, 7) is 18.4. The fraction of sp³-hybridized carbons (Fsp3) is 0.379. The zero-order chi connectivity index (χ0) is 46.7. The van der Waals surface area contributed by atoms with E-state index in [9.17, 15) is 0 Å². The van der Waals surface area contributed by atoms with Gasteiger partial charge in [-0.25, -0.2) is 0 Å². The van der Waals surface area contributed by atoms with E-state index in [-0.39, 0.29) is 40.2 Å². The van der Waals surface area contributed by atoms with Crippen molar-refractivity contribution in [3.8, 4) is 11.1 Å². The minimum Gasteiger partial charge on any atom is -0.399 e. The summed E-state index contributed by atoms with van der Waals surface area (Å²) < 4.78 is 16.3. The van der Waals surface area contributed by atoms with Gasteiger partial charge in [-0.2, -0.15) is 0 Å². The first-order valence-corrected chi connectivity index (χ1v) is 26.6. The number of rotatable bonds is 4. The molecule has 0 amide bonds. The van der Waals surface area contributed by atoms with Crippen LogP contribution in [0.25, 0.3) is 11.1 Å². The predicted molar refractivity (Wildman–Crippen MR) is 294 cm³/mol. The summed E-state index contributed by atoms with van der Waals surface area (Å²) in [5, 5.41) is 0. The van der Waals surface area contributed by atoms with E-state index in [1.54, 1.807) is 0 Å². The Balaban J connectivity index is 0.000000142. The molecule has 342 valence electrons. The van der Waals surface area contributed by atoms with Crippen LogP contribution in [0.3, 0.4) is 0 Å². The van der Waals surface area contributed by atoms with Crippen molar-refractivity contribution in [1.29, 1.82) is 0 Å². The number of halogens is 3. The molecule has 0 aromatic heterocycles. The molecule has 2 aliphatic carbocycles. The van der Waals surface area contributed by atoms with E-state index in [2.05, 4.69) is 253 Å². The SMILES string of the molecule is Brc1ccc(I)cc1.CC1(C)OB(c2ccc3c(c2)C2(C)CCCCC2(C)N3c2ccccc2)OC1(C)C.CC12CCCCC1(C)N(c1ccccc1)c1ccc(-c3ccc(Br)cc3)cc12. The number of para-hydroxylation sites is 2. The molecular weight excluding hydrogens is 1050 g/mol. The van der Waals surface area contributed by atoms with Gasteiger partial charge in [0.15, 0.2) is 0 Å². The van der Waals surface area contributed by atoms with E-state index >= 15 is 0 Å². The molecule has 2 saturated carbocycles. The second kappa shape index (κ2) is 18.2. The normalized spacial score (nSPS) is 26.5. The van der Waals surface area contributed by atoms with Gasteiger partial charge in [-0.3, -0.25) is 0 Å². The third-order valence-corrected chi connectivity index (χ3v) is 18.5. The molecule has 3 fully saturated rings. The van der Waals surface area contributed by atoms with E-state index in [0.717, 1.165) is 14.4 Å². The van der Waals surface area contributed by atoms with Crippen molar-refractivity contribution in [3.05, 3.63) is 169 Å². The van der Waals surface area contributed by atoms with Crippen LogP contribution < -0.4 is 15.3 Å². The molecular formula is C58H64BBr2IN2O2. The Morgan fingerprint density at radius 1 is 0.470 bits per heavy atom. The van der Waals surface area contributed by atoms with Crippen molar-refractivity contribution in [1.82, 2.24) is 0 Å². The van der Waals surface area contributed by atoms with Gasteiger partial charge in [-0.15, -0.1) is 0 Å². The molecule has 3 aliphatic heterocycles. The molecule has 5 aliphatic rings. The monoisotopic (exact) mass is 1120 g/mol. The highest BCUT2D eigenvalue weighted by molar-refractivity contribution is 14.1. The topological polar surface area (TPSA) is 24.9 Å². The Bertz CT molecular complexity index is 2640. The van der Waals surface area contributed by atoms with Crippen LogP contribution in [0.4, 0.5) is 22.7 Å². The minimum absolute atomic E-state index is 0.0729. The first-order valence-electron chi connectivity index (χ1n) is 23.9. The first kappa shape index (κ1) is 47.7. The Morgan fingerprint density at radius 3 is 1.35 bits per heavy atom. The molecule has 1 saturated heterocycles. The molecule has 8 heteroatoms. The Labute approximate surface area is 425 Å². The van der Waals surface area contributed by atoms with Crippen LogP contribution in [0.5, 0.6) is 0 Å². The molecule has 0 N–H and O–H groups in total. The Morgan fingerprint density at radius 2 is 0.879 bits per heavy atom. The summed E-state index contributed by atoms with van der Waals surface area (Å²) >= 11 is 9.17. The maximum atomic E-state index is 6.38. The quantitative estimate of drug-likeness (QED) is 0.130. The largest absolute Gasteiger partial charge is 0.494 e. The summed E-state index contributed by atoms with van der Waals surface area (Å²) in [6.07, 6.45) is 10.1. The van der Waals surface area contributed by atoms with Gasteiger partial charge in [0.05, 0.1) is 22.3 Å². The highest BCUT2D eigenvalue weighted by atomic mass is 127. The minimum atomic E-state index is -0.323. The average Bonchev–Trinajstić information content (AvgIpc) is 3.76. The van der Waals surface area contributed by atoms with Crippen molar-refractivity contribution >= 4 is 89.8 Å². The van der Waals surface area contributed by atoms with Crippen LogP contribution >= 0.6 is 54.5 Å². The van der Waals surface area contributed by atoms with E-state index < -0.39 is 0 Å². The number of benzene rings is 6. The molecule has 6 aromatic rings. The van der Waals surface area contributed by atoms with Gasteiger partial charge >= 0.3 is 7.12 Å². The summed E-state index contributed by atoms with van der Waals surface area (Å²) in [4.78, 5) is 5.24.